The van der Waals surface area contributed by atoms with Crippen molar-refractivity contribution in [3.05, 3.63) is 35.4 Å². The number of nitrogens with two attached hydrogens (primary N) is 1. The van der Waals surface area contributed by atoms with Crippen molar-refractivity contribution >= 4 is 18.3 Å². The molecule has 0 bridgehead atoms. The fourth-order valence-corrected chi connectivity index (χ4v) is 3.20. The number of halogens is 4. The summed E-state index contributed by atoms with van der Waals surface area (Å²) >= 11 is 0. The van der Waals surface area contributed by atoms with Gasteiger partial charge in [0.2, 0.25) is 5.91 Å². The average Bonchev–Trinajstić information content (AvgIpc) is 2.94. The Balaban J connectivity index is 0.00000264. The highest BCUT2D eigenvalue weighted by Gasteiger charge is 2.36. The Morgan fingerprint density at radius 1 is 1.35 bits per heavy atom. The van der Waals surface area contributed by atoms with Crippen LogP contribution in [0.25, 0.3) is 0 Å². The summed E-state index contributed by atoms with van der Waals surface area (Å²) in [5.74, 6) is -0.256. The van der Waals surface area contributed by atoms with Crippen molar-refractivity contribution in [3.8, 4) is 0 Å². The van der Waals surface area contributed by atoms with Crippen molar-refractivity contribution in [3.63, 3.8) is 0 Å². The largest absolute Gasteiger partial charge is 0.416 e. The van der Waals surface area contributed by atoms with Crippen molar-refractivity contribution in [2.45, 2.75) is 38.4 Å². The molecule has 1 amide bonds. The summed E-state index contributed by atoms with van der Waals surface area (Å²) in [6, 6.07) is 4.65. The first kappa shape index (κ1) is 19.8. The summed E-state index contributed by atoms with van der Waals surface area (Å²) in [5, 5.41) is 2.72. The smallest absolute Gasteiger partial charge is 0.349 e. The van der Waals surface area contributed by atoms with Crippen LogP contribution in [0.4, 0.5) is 13.2 Å². The minimum atomic E-state index is -4.43. The van der Waals surface area contributed by atoms with Gasteiger partial charge >= 0.3 is 6.18 Å². The van der Waals surface area contributed by atoms with Gasteiger partial charge in [-0.1, -0.05) is 24.6 Å². The first-order valence-corrected chi connectivity index (χ1v) is 7.51. The van der Waals surface area contributed by atoms with Gasteiger partial charge < -0.3 is 11.1 Å². The van der Waals surface area contributed by atoms with E-state index in [1.54, 1.807) is 13.0 Å². The van der Waals surface area contributed by atoms with Crippen molar-refractivity contribution in [1.29, 1.82) is 0 Å². The number of alkyl halides is 3. The Hall–Kier alpha value is -1.27. The van der Waals surface area contributed by atoms with Crippen LogP contribution in [0, 0.1) is 11.8 Å². The van der Waals surface area contributed by atoms with Gasteiger partial charge in [0, 0.05) is 5.92 Å². The standard InChI is InChI=1S/C16H21F3N2O.ClH/c1-10(12-6-2-3-8-14(12)16(17,18)19)21-15(22)13-7-4-5-11(13)9-20;/h2-3,6,8,10-11,13H,4-5,7,9,20H2,1H3,(H,21,22);1H/t10?,11-,13-;/m1./s1. The van der Waals surface area contributed by atoms with Crippen LogP contribution < -0.4 is 11.1 Å². The molecule has 0 heterocycles. The van der Waals surface area contributed by atoms with Gasteiger partial charge in [-0.2, -0.15) is 13.2 Å². The molecule has 1 saturated carbocycles. The molecule has 0 radical (unpaired) electrons. The molecule has 3 N–H and O–H groups in total. The SMILES string of the molecule is CC(NC(=O)[C@@H]1CCC[C@@H]1CN)c1ccccc1C(F)(F)F.Cl. The maximum atomic E-state index is 13.0. The molecule has 1 aliphatic rings. The Morgan fingerprint density at radius 2 is 2.00 bits per heavy atom. The van der Waals surface area contributed by atoms with Crippen LogP contribution in [0.1, 0.15) is 43.4 Å². The molecule has 0 spiro atoms. The van der Waals surface area contributed by atoms with Gasteiger partial charge in [-0.05, 0) is 43.9 Å². The summed E-state index contributed by atoms with van der Waals surface area (Å²) < 4.78 is 39.1. The van der Waals surface area contributed by atoms with Crippen molar-refractivity contribution in [2.24, 2.45) is 17.6 Å². The predicted octanol–water partition coefficient (Wildman–Crippen LogP) is 3.68. The topological polar surface area (TPSA) is 55.1 Å². The zero-order valence-corrected chi connectivity index (χ0v) is 13.7. The summed E-state index contributed by atoms with van der Waals surface area (Å²) in [5.41, 5.74) is 5.04. The Bertz CT molecular complexity index is 536. The number of benzene rings is 1. The van der Waals surface area contributed by atoms with Crippen LogP contribution in [-0.2, 0) is 11.0 Å². The molecule has 3 nitrogen and oxygen atoms in total. The van der Waals surface area contributed by atoms with Crippen LogP contribution in [0.15, 0.2) is 24.3 Å². The summed E-state index contributed by atoms with van der Waals surface area (Å²) in [4.78, 5) is 12.3. The zero-order chi connectivity index (χ0) is 16.3. The van der Waals surface area contributed by atoms with E-state index in [1.165, 1.54) is 12.1 Å². The third kappa shape index (κ3) is 4.61. The fourth-order valence-electron chi connectivity index (χ4n) is 3.20. The van der Waals surface area contributed by atoms with E-state index in [0.717, 1.165) is 25.3 Å². The highest BCUT2D eigenvalue weighted by molar-refractivity contribution is 5.85. The van der Waals surface area contributed by atoms with Gasteiger partial charge in [-0.3, -0.25) is 4.79 Å². The Morgan fingerprint density at radius 3 is 2.61 bits per heavy atom. The van der Waals surface area contributed by atoms with Crippen LogP contribution in [0.5, 0.6) is 0 Å². The van der Waals surface area contributed by atoms with E-state index in [9.17, 15) is 18.0 Å². The first-order valence-electron chi connectivity index (χ1n) is 7.51. The Kier molecular flexibility index (Phi) is 6.89. The molecular formula is C16H22ClF3N2O. The van der Waals surface area contributed by atoms with E-state index < -0.39 is 17.8 Å². The highest BCUT2D eigenvalue weighted by Crippen LogP contribution is 2.35. The first-order chi connectivity index (χ1) is 10.3. The molecular weight excluding hydrogens is 329 g/mol. The van der Waals surface area contributed by atoms with Gasteiger partial charge in [-0.15, -0.1) is 12.4 Å². The van der Waals surface area contributed by atoms with Crippen molar-refractivity contribution in [2.75, 3.05) is 6.54 Å². The predicted molar refractivity (Wildman–Crippen MR) is 85.1 cm³/mol. The Labute approximate surface area is 140 Å². The maximum Gasteiger partial charge on any atom is 0.416 e. The molecule has 23 heavy (non-hydrogen) atoms. The third-order valence-corrected chi connectivity index (χ3v) is 4.39. The van der Waals surface area contributed by atoms with E-state index in [-0.39, 0.29) is 35.7 Å². The van der Waals surface area contributed by atoms with E-state index in [1.807, 2.05) is 0 Å². The second kappa shape index (κ2) is 8.02. The second-order valence-corrected chi connectivity index (χ2v) is 5.85. The number of hydrogen-bond acceptors (Lipinski definition) is 2. The molecule has 1 unspecified atom stereocenters. The average molecular weight is 351 g/mol. The van der Waals surface area contributed by atoms with Gasteiger partial charge in [0.15, 0.2) is 0 Å². The van der Waals surface area contributed by atoms with Crippen LogP contribution in [0.2, 0.25) is 0 Å². The quantitative estimate of drug-likeness (QED) is 0.870. The maximum absolute atomic E-state index is 13.0. The number of hydrogen-bond donors (Lipinski definition) is 2. The van der Waals surface area contributed by atoms with Gasteiger partial charge in [0.05, 0.1) is 11.6 Å². The van der Waals surface area contributed by atoms with Crippen LogP contribution >= 0.6 is 12.4 Å². The molecule has 0 saturated heterocycles. The van der Waals surface area contributed by atoms with Crippen molar-refractivity contribution in [1.82, 2.24) is 5.32 Å². The van der Waals surface area contributed by atoms with Crippen LogP contribution in [0.3, 0.4) is 0 Å². The number of rotatable bonds is 4. The summed E-state index contributed by atoms with van der Waals surface area (Å²) in [6.07, 6.45) is -1.83. The molecule has 0 aromatic heterocycles. The fraction of sp³-hybridized carbons (Fsp3) is 0.562. The normalized spacial score (nSPS) is 22.3. The lowest BCUT2D eigenvalue weighted by Crippen LogP contribution is -2.37. The molecule has 1 aromatic rings. The monoisotopic (exact) mass is 350 g/mol. The van der Waals surface area contributed by atoms with E-state index in [2.05, 4.69) is 5.32 Å². The summed E-state index contributed by atoms with van der Waals surface area (Å²) in [7, 11) is 0. The number of carbonyl (C=O) groups is 1. The minimum Gasteiger partial charge on any atom is -0.349 e. The second-order valence-electron chi connectivity index (χ2n) is 5.85. The lowest BCUT2D eigenvalue weighted by Gasteiger charge is -2.23. The van der Waals surface area contributed by atoms with Crippen molar-refractivity contribution < 1.29 is 18.0 Å². The number of nitrogens with one attached hydrogen (secondary N) is 1. The highest BCUT2D eigenvalue weighted by atomic mass is 35.5. The van der Waals surface area contributed by atoms with E-state index in [0.29, 0.717) is 6.54 Å². The molecule has 1 aromatic carbocycles. The van der Waals surface area contributed by atoms with Crippen LogP contribution in [-0.4, -0.2) is 12.5 Å². The van der Waals surface area contributed by atoms with Gasteiger partial charge in [-0.25, -0.2) is 0 Å². The third-order valence-electron chi connectivity index (χ3n) is 4.39. The van der Waals surface area contributed by atoms with Gasteiger partial charge in [0.25, 0.3) is 0 Å². The minimum absolute atomic E-state index is 0. The van der Waals surface area contributed by atoms with Gasteiger partial charge in [0.1, 0.15) is 0 Å². The lowest BCUT2D eigenvalue weighted by atomic mass is 9.94. The lowest BCUT2D eigenvalue weighted by molar-refractivity contribution is -0.139. The van der Waals surface area contributed by atoms with E-state index in [4.69, 9.17) is 5.73 Å². The number of carbonyl (C=O) groups excluding carboxylic acids is 1. The molecule has 130 valence electrons. The molecule has 0 aliphatic heterocycles. The van der Waals surface area contributed by atoms with E-state index >= 15 is 0 Å². The molecule has 3 atom stereocenters. The molecule has 7 heteroatoms. The zero-order valence-electron chi connectivity index (χ0n) is 12.9. The molecule has 1 aliphatic carbocycles. The molecule has 2 rings (SSSR count). The molecule has 1 fully saturated rings. The summed E-state index contributed by atoms with van der Waals surface area (Å²) in [6.45, 7) is 2.01. The number of amides is 1.